The van der Waals surface area contributed by atoms with Crippen LogP contribution in [0, 0.1) is 5.92 Å². The molecule has 0 aliphatic carbocycles. The molecule has 1 heterocycles. The first-order chi connectivity index (χ1) is 5.09. The Morgan fingerprint density at radius 1 is 1.73 bits per heavy atom. The lowest BCUT2D eigenvalue weighted by Crippen LogP contribution is -2.26. The molecule has 0 radical (unpaired) electrons. The molecule has 11 heavy (non-hydrogen) atoms. The highest BCUT2D eigenvalue weighted by atomic mass is 32.2. The lowest BCUT2D eigenvalue weighted by atomic mass is 10.2. The third-order valence-electron chi connectivity index (χ3n) is 1.44. The van der Waals surface area contributed by atoms with Gasteiger partial charge in [-0.15, -0.1) is 0 Å². The molecule has 1 fully saturated rings. The van der Waals surface area contributed by atoms with Gasteiger partial charge in [0.15, 0.2) is 0 Å². The number of nitrogens with zero attached hydrogens (tertiary/aromatic N) is 1. The van der Waals surface area contributed by atoms with Gasteiger partial charge in [-0.2, -0.15) is 0 Å². The Labute approximate surface area is 77.8 Å². The van der Waals surface area contributed by atoms with Crippen LogP contribution in [0.15, 0.2) is 11.5 Å². The first-order valence-corrected chi connectivity index (χ1v) is 4.96. The SMILES string of the molecule is C=C1CN(CC(C)C)C(=S)S1. The minimum atomic E-state index is 0.680. The summed E-state index contributed by atoms with van der Waals surface area (Å²) >= 11 is 6.80. The monoisotopic (exact) mass is 187 g/mol. The van der Waals surface area contributed by atoms with E-state index in [0.29, 0.717) is 5.92 Å². The lowest BCUT2D eigenvalue weighted by molar-refractivity contribution is 0.410. The minimum Gasteiger partial charge on any atom is -0.352 e. The zero-order chi connectivity index (χ0) is 8.43. The number of rotatable bonds is 2. The van der Waals surface area contributed by atoms with E-state index in [2.05, 4.69) is 25.3 Å². The molecule has 0 aromatic carbocycles. The molecule has 0 aromatic rings. The van der Waals surface area contributed by atoms with E-state index in [9.17, 15) is 0 Å². The van der Waals surface area contributed by atoms with Crippen molar-refractivity contribution in [2.24, 2.45) is 5.92 Å². The van der Waals surface area contributed by atoms with Crippen LogP contribution in [0.2, 0.25) is 0 Å². The zero-order valence-electron chi connectivity index (χ0n) is 6.96. The fourth-order valence-electron chi connectivity index (χ4n) is 1.08. The maximum Gasteiger partial charge on any atom is 0.141 e. The summed E-state index contributed by atoms with van der Waals surface area (Å²) in [6.45, 7) is 10.3. The van der Waals surface area contributed by atoms with Crippen molar-refractivity contribution >= 4 is 28.3 Å². The fourth-order valence-corrected chi connectivity index (χ4v) is 2.31. The molecule has 0 saturated carbocycles. The Morgan fingerprint density at radius 3 is 2.73 bits per heavy atom. The molecule has 0 unspecified atom stereocenters. The molecule has 0 bridgehead atoms. The highest BCUT2D eigenvalue weighted by molar-refractivity contribution is 8.25. The van der Waals surface area contributed by atoms with Crippen LogP contribution in [0.4, 0.5) is 0 Å². The van der Waals surface area contributed by atoms with Gasteiger partial charge in [0.2, 0.25) is 0 Å². The Bertz CT molecular complexity index is 187. The van der Waals surface area contributed by atoms with Gasteiger partial charge in [-0.05, 0) is 5.92 Å². The second-order valence-corrected chi connectivity index (χ2v) is 4.99. The summed E-state index contributed by atoms with van der Waals surface area (Å²) < 4.78 is 0.990. The molecular weight excluding hydrogens is 174 g/mol. The molecule has 1 nitrogen and oxygen atoms in total. The summed E-state index contributed by atoms with van der Waals surface area (Å²) in [5.41, 5.74) is 0. The molecule has 0 aromatic heterocycles. The van der Waals surface area contributed by atoms with Gasteiger partial charge >= 0.3 is 0 Å². The number of thioether (sulfide) groups is 1. The van der Waals surface area contributed by atoms with E-state index in [-0.39, 0.29) is 0 Å². The molecule has 0 atom stereocenters. The largest absolute Gasteiger partial charge is 0.352 e. The first kappa shape index (κ1) is 9.07. The van der Waals surface area contributed by atoms with Gasteiger partial charge in [0.05, 0.1) is 0 Å². The summed E-state index contributed by atoms with van der Waals surface area (Å²) in [6, 6.07) is 0. The van der Waals surface area contributed by atoms with E-state index >= 15 is 0 Å². The molecule has 1 aliphatic rings. The highest BCUT2D eigenvalue weighted by Crippen LogP contribution is 2.28. The van der Waals surface area contributed by atoms with Crippen LogP contribution >= 0.6 is 24.0 Å². The van der Waals surface area contributed by atoms with Gasteiger partial charge in [0, 0.05) is 18.0 Å². The number of hydrogen-bond donors (Lipinski definition) is 0. The van der Waals surface area contributed by atoms with Crippen LogP contribution in [0.5, 0.6) is 0 Å². The normalized spacial score (nSPS) is 18.6. The molecular formula is C8H13NS2. The fraction of sp³-hybridized carbons (Fsp3) is 0.625. The van der Waals surface area contributed by atoms with Crippen LogP contribution in [0.1, 0.15) is 13.8 Å². The van der Waals surface area contributed by atoms with E-state index in [1.54, 1.807) is 11.8 Å². The van der Waals surface area contributed by atoms with E-state index in [1.165, 1.54) is 4.91 Å². The molecule has 0 N–H and O–H groups in total. The minimum absolute atomic E-state index is 0.680. The maximum absolute atomic E-state index is 5.16. The smallest absolute Gasteiger partial charge is 0.141 e. The third kappa shape index (κ3) is 2.49. The van der Waals surface area contributed by atoms with E-state index in [1.807, 2.05) is 0 Å². The van der Waals surface area contributed by atoms with Crippen molar-refractivity contribution in [1.29, 1.82) is 0 Å². The van der Waals surface area contributed by atoms with Crippen LogP contribution in [0.25, 0.3) is 0 Å². The average Bonchev–Trinajstić information content (AvgIpc) is 2.09. The second-order valence-electron chi connectivity index (χ2n) is 3.18. The van der Waals surface area contributed by atoms with Gasteiger partial charge in [-0.25, -0.2) is 0 Å². The van der Waals surface area contributed by atoms with Crippen molar-refractivity contribution < 1.29 is 0 Å². The maximum atomic E-state index is 5.16. The third-order valence-corrected chi connectivity index (χ3v) is 2.80. The van der Waals surface area contributed by atoms with Crippen molar-refractivity contribution in [2.45, 2.75) is 13.8 Å². The van der Waals surface area contributed by atoms with Gasteiger partial charge < -0.3 is 4.90 Å². The van der Waals surface area contributed by atoms with Crippen LogP contribution in [-0.4, -0.2) is 22.3 Å². The van der Waals surface area contributed by atoms with E-state index in [0.717, 1.165) is 17.4 Å². The van der Waals surface area contributed by atoms with Crippen molar-refractivity contribution in [3.05, 3.63) is 11.5 Å². The molecule has 1 aliphatic heterocycles. The second kappa shape index (κ2) is 3.59. The summed E-state index contributed by atoms with van der Waals surface area (Å²) in [6.07, 6.45) is 0. The van der Waals surface area contributed by atoms with Gasteiger partial charge in [-0.3, -0.25) is 0 Å². The first-order valence-electron chi connectivity index (χ1n) is 3.74. The molecule has 3 heteroatoms. The topological polar surface area (TPSA) is 3.24 Å². The molecule has 1 rings (SSSR count). The van der Waals surface area contributed by atoms with E-state index < -0.39 is 0 Å². The van der Waals surface area contributed by atoms with Crippen molar-refractivity contribution in [2.75, 3.05) is 13.1 Å². The number of hydrogen-bond acceptors (Lipinski definition) is 2. The van der Waals surface area contributed by atoms with Crippen LogP contribution < -0.4 is 0 Å². The highest BCUT2D eigenvalue weighted by Gasteiger charge is 2.20. The van der Waals surface area contributed by atoms with Gasteiger partial charge in [-0.1, -0.05) is 44.4 Å². The lowest BCUT2D eigenvalue weighted by Gasteiger charge is -2.18. The molecule has 0 amide bonds. The average molecular weight is 187 g/mol. The summed E-state index contributed by atoms with van der Waals surface area (Å²) in [4.78, 5) is 3.39. The molecule has 0 spiro atoms. The van der Waals surface area contributed by atoms with Gasteiger partial charge in [0.25, 0.3) is 0 Å². The predicted octanol–water partition coefficient (Wildman–Crippen LogP) is 2.49. The van der Waals surface area contributed by atoms with Crippen molar-refractivity contribution in [1.82, 2.24) is 4.90 Å². The Balaban J connectivity index is 2.47. The van der Waals surface area contributed by atoms with Crippen LogP contribution in [0.3, 0.4) is 0 Å². The predicted molar refractivity (Wildman–Crippen MR) is 55.7 cm³/mol. The van der Waals surface area contributed by atoms with Crippen molar-refractivity contribution in [3.63, 3.8) is 0 Å². The quantitative estimate of drug-likeness (QED) is 0.611. The molecule has 1 saturated heterocycles. The van der Waals surface area contributed by atoms with Crippen molar-refractivity contribution in [3.8, 4) is 0 Å². The Hall–Kier alpha value is -0.0200. The summed E-state index contributed by atoms with van der Waals surface area (Å²) in [7, 11) is 0. The van der Waals surface area contributed by atoms with E-state index in [4.69, 9.17) is 12.2 Å². The summed E-state index contributed by atoms with van der Waals surface area (Å²) in [5, 5.41) is 0. The zero-order valence-corrected chi connectivity index (χ0v) is 8.60. The standard InChI is InChI=1S/C8H13NS2/c1-6(2)4-9-5-7(3)11-8(9)10/h6H,3-5H2,1-2H3. The Morgan fingerprint density at radius 2 is 2.36 bits per heavy atom. The Kier molecular flexibility index (Phi) is 2.96. The van der Waals surface area contributed by atoms with Gasteiger partial charge in [0.1, 0.15) is 4.32 Å². The number of thiocarbonyl (C=S) groups is 1. The molecule has 62 valence electrons. The summed E-state index contributed by atoms with van der Waals surface area (Å²) in [5.74, 6) is 0.680. The van der Waals surface area contributed by atoms with Crippen LogP contribution in [-0.2, 0) is 0 Å².